The van der Waals surface area contributed by atoms with Gasteiger partial charge in [-0.1, -0.05) is 12.1 Å². The molecule has 0 spiro atoms. The van der Waals surface area contributed by atoms with Crippen molar-refractivity contribution in [3.63, 3.8) is 0 Å². The Morgan fingerprint density at radius 2 is 2.00 bits per heavy atom. The summed E-state index contributed by atoms with van der Waals surface area (Å²) in [6.45, 7) is 2.77. The number of aliphatic hydroxyl groups excluding tert-OH is 1. The number of benzene rings is 1. The van der Waals surface area contributed by atoms with Gasteiger partial charge in [0.05, 0.1) is 13.2 Å². The molecule has 1 aromatic carbocycles. The Morgan fingerprint density at radius 3 is 2.50 bits per heavy atom. The van der Waals surface area contributed by atoms with Crippen LogP contribution in [0.15, 0.2) is 30.3 Å². The molecular formula is C14H17NO3. The zero-order chi connectivity index (χ0) is 13.1. The Labute approximate surface area is 106 Å². The van der Waals surface area contributed by atoms with Gasteiger partial charge in [-0.15, -0.1) is 0 Å². The van der Waals surface area contributed by atoms with Crippen molar-refractivity contribution >= 4 is 11.5 Å². The summed E-state index contributed by atoms with van der Waals surface area (Å²) in [6, 6.07) is 7.57. The van der Waals surface area contributed by atoms with Crippen molar-refractivity contribution in [1.82, 2.24) is 4.90 Å². The summed E-state index contributed by atoms with van der Waals surface area (Å²) in [7, 11) is 1.62. The maximum atomic E-state index is 11.8. The molecule has 4 heteroatoms. The first kappa shape index (κ1) is 12.6. The molecule has 0 aliphatic carbocycles. The van der Waals surface area contributed by atoms with Gasteiger partial charge in [-0.2, -0.15) is 0 Å². The highest BCUT2D eigenvalue weighted by molar-refractivity contribution is 5.95. The Bertz CT molecular complexity index is 458. The quantitative estimate of drug-likeness (QED) is 0.819. The average Bonchev–Trinajstić information content (AvgIpc) is 2.35. The smallest absolute Gasteiger partial charge is 0.247 e. The van der Waals surface area contributed by atoms with Gasteiger partial charge >= 0.3 is 0 Å². The third-order valence-electron chi connectivity index (χ3n) is 3.06. The summed E-state index contributed by atoms with van der Waals surface area (Å²) in [4.78, 5) is 13.4. The molecule has 1 aliphatic rings. The Balaban J connectivity index is 2.05. The highest BCUT2D eigenvalue weighted by Crippen LogP contribution is 2.19. The number of hydrogen-bond acceptors (Lipinski definition) is 3. The van der Waals surface area contributed by atoms with Crippen LogP contribution in [0.25, 0.3) is 5.57 Å². The molecular weight excluding hydrogens is 230 g/mol. The molecule has 1 saturated heterocycles. The monoisotopic (exact) mass is 247 g/mol. The molecule has 0 saturated carbocycles. The van der Waals surface area contributed by atoms with E-state index in [0.29, 0.717) is 13.1 Å². The predicted octanol–water partition coefficient (Wildman–Crippen LogP) is 1.30. The van der Waals surface area contributed by atoms with E-state index in [2.05, 4.69) is 0 Å². The first-order valence-electron chi connectivity index (χ1n) is 5.90. The minimum atomic E-state index is -0.358. The zero-order valence-corrected chi connectivity index (χ0v) is 10.6. The second kappa shape index (κ2) is 5.23. The number of carbonyl (C=O) groups excluding carboxylic acids is 1. The molecule has 1 aliphatic heterocycles. The summed E-state index contributed by atoms with van der Waals surface area (Å²) in [5, 5.41) is 9.15. The summed E-state index contributed by atoms with van der Waals surface area (Å²) >= 11 is 0. The van der Waals surface area contributed by atoms with Gasteiger partial charge in [0, 0.05) is 19.2 Å². The van der Waals surface area contributed by atoms with Crippen molar-refractivity contribution < 1.29 is 14.6 Å². The van der Waals surface area contributed by atoms with Crippen molar-refractivity contribution in [2.24, 2.45) is 0 Å². The number of amides is 1. The topological polar surface area (TPSA) is 49.8 Å². The second-order valence-corrected chi connectivity index (χ2v) is 4.45. The maximum Gasteiger partial charge on any atom is 0.247 e. The summed E-state index contributed by atoms with van der Waals surface area (Å²) in [5.41, 5.74) is 1.90. The third kappa shape index (κ3) is 2.71. The first-order valence-corrected chi connectivity index (χ1v) is 5.90. The number of allylic oxidation sites excluding steroid dienone is 1. The van der Waals surface area contributed by atoms with Crippen LogP contribution in [0.3, 0.4) is 0 Å². The number of hydrogen-bond donors (Lipinski definition) is 1. The highest BCUT2D eigenvalue weighted by atomic mass is 16.5. The Morgan fingerprint density at radius 1 is 1.39 bits per heavy atom. The standard InChI is InChI=1S/C14H17NO3/c1-10(7-14(17)15-8-12(16)9-15)11-3-5-13(18-2)6-4-11/h3-7,12,16H,8-9H2,1-2H3/b10-7+. The molecule has 2 rings (SSSR count). The van der Waals surface area contributed by atoms with Crippen molar-refractivity contribution in [2.45, 2.75) is 13.0 Å². The van der Waals surface area contributed by atoms with E-state index < -0.39 is 0 Å². The van der Waals surface area contributed by atoms with Crippen molar-refractivity contribution in [3.8, 4) is 5.75 Å². The fraction of sp³-hybridized carbons (Fsp3) is 0.357. The van der Waals surface area contributed by atoms with E-state index >= 15 is 0 Å². The van der Waals surface area contributed by atoms with Crippen LogP contribution in [-0.4, -0.2) is 42.2 Å². The van der Waals surface area contributed by atoms with Gasteiger partial charge in [0.15, 0.2) is 0 Å². The van der Waals surface area contributed by atoms with Crippen LogP contribution in [0.5, 0.6) is 5.75 Å². The number of aliphatic hydroxyl groups is 1. The SMILES string of the molecule is COc1ccc(/C(C)=C/C(=O)N2CC(O)C2)cc1. The lowest BCUT2D eigenvalue weighted by Gasteiger charge is -2.35. The maximum absolute atomic E-state index is 11.8. The zero-order valence-electron chi connectivity index (χ0n) is 10.6. The lowest BCUT2D eigenvalue weighted by molar-refractivity contribution is -0.135. The molecule has 1 N–H and O–H groups in total. The van der Waals surface area contributed by atoms with Crippen LogP contribution in [-0.2, 0) is 4.79 Å². The molecule has 0 bridgehead atoms. The molecule has 1 amide bonds. The fourth-order valence-corrected chi connectivity index (χ4v) is 1.85. The van der Waals surface area contributed by atoms with Gasteiger partial charge in [0.1, 0.15) is 5.75 Å². The number of methoxy groups -OCH3 is 1. The molecule has 1 heterocycles. The summed E-state index contributed by atoms with van der Waals surface area (Å²) in [5.74, 6) is 0.748. The first-order chi connectivity index (χ1) is 8.60. The fourth-order valence-electron chi connectivity index (χ4n) is 1.85. The largest absolute Gasteiger partial charge is 0.497 e. The number of nitrogens with zero attached hydrogens (tertiary/aromatic N) is 1. The van der Waals surface area contributed by atoms with E-state index in [9.17, 15) is 4.79 Å². The Kier molecular flexibility index (Phi) is 3.67. The summed E-state index contributed by atoms with van der Waals surface area (Å²) in [6.07, 6.45) is 1.25. The van der Waals surface area contributed by atoms with Gasteiger partial charge in [-0.3, -0.25) is 4.79 Å². The summed E-state index contributed by atoms with van der Waals surface area (Å²) < 4.78 is 5.08. The normalized spacial score (nSPS) is 16.4. The van der Waals surface area contributed by atoms with Crippen LogP contribution in [0.2, 0.25) is 0 Å². The van der Waals surface area contributed by atoms with E-state index in [0.717, 1.165) is 16.9 Å². The van der Waals surface area contributed by atoms with Crippen molar-refractivity contribution in [1.29, 1.82) is 0 Å². The number of ether oxygens (including phenoxy) is 1. The highest BCUT2D eigenvalue weighted by Gasteiger charge is 2.27. The molecule has 0 unspecified atom stereocenters. The molecule has 4 nitrogen and oxygen atoms in total. The van der Waals surface area contributed by atoms with E-state index in [4.69, 9.17) is 9.84 Å². The Hall–Kier alpha value is -1.81. The molecule has 96 valence electrons. The van der Waals surface area contributed by atoms with Gasteiger partial charge in [-0.25, -0.2) is 0 Å². The van der Waals surface area contributed by atoms with Crippen molar-refractivity contribution in [3.05, 3.63) is 35.9 Å². The third-order valence-corrected chi connectivity index (χ3v) is 3.06. The van der Waals surface area contributed by atoms with E-state index in [1.807, 2.05) is 31.2 Å². The van der Waals surface area contributed by atoms with Crippen LogP contribution in [0, 0.1) is 0 Å². The molecule has 1 aromatic rings. The van der Waals surface area contributed by atoms with Gasteiger partial charge in [0.25, 0.3) is 0 Å². The minimum Gasteiger partial charge on any atom is -0.497 e. The van der Waals surface area contributed by atoms with Gasteiger partial charge in [0.2, 0.25) is 5.91 Å². The molecule has 1 fully saturated rings. The molecule has 0 atom stereocenters. The van der Waals surface area contributed by atoms with Gasteiger partial charge in [-0.05, 0) is 30.2 Å². The number of likely N-dealkylation sites (tertiary alicyclic amines) is 1. The van der Waals surface area contributed by atoms with Crippen molar-refractivity contribution in [2.75, 3.05) is 20.2 Å². The van der Waals surface area contributed by atoms with Gasteiger partial charge < -0.3 is 14.7 Å². The van der Waals surface area contributed by atoms with Crippen LogP contribution < -0.4 is 4.74 Å². The molecule has 0 aromatic heterocycles. The van der Waals surface area contributed by atoms with E-state index in [-0.39, 0.29) is 12.0 Å². The lowest BCUT2D eigenvalue weighted by Crippen LogP contribution is -2.53. The van der Waals surface area contributed by atoms with Crippen LogP contribution in [0.1, 0.15) is 12.5 Å². The average molecular weight is 247 g/mol. The van der Waals surface area contributed by atoms with E-state index in [1.165, 1.54) is 0 Å². The molecule has 0 radical (unpaired) electrons. The second-order valence-electron chi connectivity index (χ2n) is 4.45. The number of β-amino-alcohol motifs (C(OH)–C–C–N with tert-alkyl or cyclic N) is 1. The lowest BCUT2D eigenvalue weighted by atomic mass is 10.1. The number of rotatable bonds is 3. The molecule has 18 heavy (non-hydrogen) atoms. The minimum absolute atomic E-state index is 0.0476. The van der Waals surface area contributed by atoms with Crippen LogP contribution >= 0.6 is 0 Å². The van der Waals surface area contributed by atoms with E-state index in [1.54, 1.807) is 18.1 Å². The van der Waals surface area contributed by atoms with Crippen LogP contribution in [0.4, 0.5) is 0 Å². The number of carbonyl (C=O) groups is 1. The predicted molar refractivity (Wildman–Crippen MR) is 69.2 cm³/mol.